The fourth-order valence-corrected chi connectivity index (χ4v) is 3.31. The third kappa shape index (κ3) is 4.49. The summed E-state index contributed by atoms with van der Waals surface area (Å²) in [6.45, 7) is 1.66. The SMILES string of the molecule is COc1c(Br)cc(/C=N/NC(=O)c2cc(C)[nH]c(=O)n2)cc1Br. The van der Waals surface area contributed by atoms with Crippen molar-refractivity contribution in [2.45, 2.75) is 6.92 Å². The molecule has 0 atom stereocenters. The van der Waals surface area contributed by atoms with E-state index in [9.17, 15) is 9.59 Å². The van der Waals surface area contributed by atoms with Crippen LogP contribution in [0.25, 0.3) is 0 Å². The van der Waals surface area contributed by atoms with Gasteiger partial charge in [0.25, 0.3) is 5.91 Å². The molecule has 1 aromatic carbocycles. The standard InChI is InChI=1S/C14H12Br2N4O3/c1-7-3-11(19-14(22)18-7)13(21)20-17-6-8-4-9(15)12(23-2)10(16)5-8/h3-6H,1-2H3,(H,20,21)(H,18,19,22)/b17-6+. The Morgan fingerprint density at radius 3 is 2.57 bits per heavy atom. The van der Waals surface area contributed by atoms with Gasteiger partial charge in [-0.25, -0.2) is 10.2 Å². The van der Waals surface area contributed by atoms with Gasteiger partial charge in [-0.05, 0) is 62.5 Å². The number of aromatic nitrogens is 2. The molecule has 0 radical (unpaired) electrons. The zero-order valence-corrected chi connectivity index (χ0v) is 15.4. The molecule has 2 rings (SSSR count). The Morgan fingerprint density at radius 1 is 1.35 bits per heavy atom. The number of carbonyl (C=O) groups excluding carboxylic acids is 1. The monoisotopic (exact) mass is 442 g/mol. The summed E-state index contributed by atoms with van der Waals surface area (Å²) in [6, 6.07) is 5.04. The van der Waals surface area contributed by atoms with Crippen molar-refractivity contribution in [1.82, 2.24) is 15.4 Å². The highest BCUT2D eigenvalue weighted by atomic mass is 79.9. The van der Waals surface area contributed by atoms with Crippen LogP contribution >= 0.6 is 31.9 Å². The number of benzene rings is 1. The zero-order valence-electron chi connectivity index (χ0n) is 12.2. The minimum atomic E-state index is -0.581. The van der Waals surface area contributed by atoms with E-state index in [0.29, 0.717) is 11.4 Å². The highest BCUT2D eigenvalue weighted by Crippen LogP contribution is 2.33. The molecule has 1 heterocycles. The van der Waals surface area contributed by atoms with Gasteiger partial charge in [0.2, 0.25) is 0 Å². The number of H-pyrrole nitrogens is 1. The van der Waals surface area contributed by atoms with E-state index in [0.717, 1.165) is 14.5 Å². The largest absolute Gasteiger partial charge is 0.494 e. The van der Waals surface area contributed by atoms with Gasteiger partial charge in [0.15, 0.2) is 0 Å². The molecule has 7 nitrogen and oxygen atoms in total. The normalized spacial score (nSPS) is 10.8. The molecule has 0 fully saturated rings. The number of aromatic amines is 1. The molecule has 120 valence electrons. The minimum absolute atomic E-state index is 0.000456. The van der Waals surface area contributed by atoms with Crippen molar-refractivity contribution in [1.29, 1.82) is 0 Å². The van der Waals surface area contributed by atoms with Gasteiger partial charge in [-0.2, -0.15) is 10.1 Å². The summed E-state index contributed by atoms with van der Waals surface area (Å²) < 4.78 is 6.69. The third-order valence-electron chi connectivity index (χ3n) is 2.72. The topological polar surface area (TPSA) is 96.4 Å². The maximum Gasteiger partial charge on any atom is 0.345 e. The van der Waals surface area contributed by atoms with Gasteiger partial charge in [0, 0.05) is 5.69 Å². The predicted octanol–water partition coefficient (Wildman–Crippen LogP) is 2.38. The molecule has 0 saturated heterocycles. The van der Waals surface area contributed by atoms with Crippen molar-refractivity contribution in [3.05, 3.63) is 54.6 Å². The second-order valence-electron chi connectivity index (χ2n) is 4.47. The summed E-state index contributed by atoms with van der Waals surface area (Å²) in [6.07, 6.45) is 1.47. The number of amides is 1. The molecule has 0 aliphatic carbocycles. The number of halogens is 2. The van der Waals surface area contributed by atoms with E-state index in [1.165, 1.54) is 12.3 Å². The highest BCUT2D eigenvalue weighted by molar-refractivity contribution is 9.11. The molecular weight excluding hydrogens is 432 g/mol. The van der Waals surface area contributed by atoms with E-state index in [1.54, 1.807) is 26.2 Å². The first-order valence-electron chi connectivity index (χ1n) is 6.35. The summed E-state index contributed by atoms with van der Waals surface area (Å²) >= 11 is 6.76. The zero-order chi connectivity index (χ0) is 17.0. The van der Waals surface area contributed by atoms with Gasteiger partial charge in [-0.3, -0.25) is 4.79 Å². The van der Waals surface area contributed by atoms with E-state index in [-0.39, 0.29) is 5.69 Å². The van der Waals surface area contributed by atoms with Crippen LogP contribution in [0.15, 0.2) is 37.0 Å². The van der Waals surface area contributed by atoms with Crippen molar-refractivity contribution in [3.63, 3.8) is 0 Å². The number of aryl methyl sites for hydroxylation is 1. The van der Waals surface area contributed by atoms with E-state index >= 15 is 0 Å². The Kier molecular flexibility index (Phi) is 5.67. The Balaban J connectivity index is 2.12. The number of nitrogens with one attached hydrogen (secondary N) is 2. The number of nitrogens with zero attached hydrogens (tertiary/aromatic N) is 2. The molecule has 2 aromatic rings. The molecule has 23 heavy (non-hydrogen) atoms. The number of ether oxygens (including phenoxy) is 1. The fourth-order valence-electron chi connectivity index (χ4n) is 1.77. The molecule has 1 amide bonds. The van der Waals surface area contributed by atoms with Crippen LogP contribution in [0.5, 0.6) is 5.75 Å². The molecule has 0 aliphatic heterocycles. The highest BCUT2D eigenvalue weighted by Gasteiger charge is 2.09. The number of hydrogen-bond acceptors (Lipinski definition) is 5. The van der Waals surface area contributed by atoms with Gasteiger partial charge < -0.3 is 9.72 Å². The first-order valence-corrected chi connectivity index (χ1v) is 7.93. The number of carbonyl (C=O) groups is 1. The summed E-state index contributed by atoms with van der Waals surface area (Å²) in [5.41, 5.74) is 3.02. The average Bonchev–Trinajstić information content (AvgIpc) is 2.45. The van der Waals surface area contributed by atoms with Crippen LogP contribution in [0, 0.1) is 6.92 Å². The number of rotatable bonds is 4. The molecule has 0 aliphatic rings. The smallest absolute Gasteiger partial charge is 0.345 e. The molecule has 9 heteroatoms. The van der Waals surface area contributed by atoms with E-state index in [1.807, 2.05) is 0 Å². The molecule has 1 aromatic heterocycles. The summed E-state index contributed by atoms with van der Waals surface area (Å²) in [5.74, 6) is 0.0939. The Labute approximate surface area is 148 Å². The van der Waals surface area contributed by atoms with Crippen molar-refractivity contribution in [3.8, 4) is 5.75 Å². The Hall–Kier alpha value is -2.00. The summed E-state index contributed by atoms with van der Waals surface area (Å²) in [4.78, 5) is 29.2. The van der Waals surface area contributed by atoms with E-state index < -0.39 is 11.6 Å². The number of methoxy groups -OCH3 is 1. The molecule has 0 saturated carbocycles. The van der Waals surface area contributed by atoms with E-state index in [4.69, 9.17) is 4.74 Å². The van der Waals surface area contributed by atoms with Crippen molar-refractivity contribution < 1.29 is 9.53 Å². The molecule has 2 N–H and O–H groups in total. The second kappa shape index (κ2) is 7.51. The molecule has 0 spiro atoms. The van der Waals surface area contributed by atoms with Crippen molar-refractivity contribution in [2.75, 3.05) is 7.11 Å². The van der Waals surface area contributed by atoms with Crippen LogP contribution in [0.4, 0.5) is 0 Å². The number of hydrazone groups is 1. The maximum absolute atomic E-state index is 11.9. The van der Waals surface area contributed by atoms with E-state index in [2.05, 4.69) is 52.4 Å². The van der Waals surface area contributed by atoms with Gasteiger partial charge in [0.05, 0.1) is 22.3 Å². The summed E-state index contributed by atoms with van der Waals surface area (Å²) in [5, 5.41) is 3.86. The van der Waals surface area contributed by atoms with Crippen LogP contribution in [0.3, 0.4) is 0 Å². The van der Waals surface area contributed by atoms with Crippen LogP contribution in [0.1, 0.15) is 21.7 Å². The Morgan fingerprint density at radius 2 is 2.00 bits per heavy atom. The lowest BCUT2D eigenvalue weighted by Crippen LogP contribution is -2.24. The second-order valence-corrected chi connectivity index (χ2v) is 6.18. The van der Waals surface area contributed by atoms with Crippen LogP contribution in [0.2, 0.25) is 0 Å². The van der Waals surface area contributed by atoms with Crippen LogP contribution in [-0.4, -0.2) is 29.2 Å². The van der Waals surface area contributed by atoms with Crippen LogP contribution in [-0.2, 0) is 0 Å². The quantitative estimate of drug-likeness (QED) is 0.560. The lowest BCUT2D eigenvalue weighted by molar-refractivity contribution is 0.0949. The minimum Gasteiger partial charge on any atom is -0.494 e. The Bertz CT molecular complexity index is 810. The van der Waals surface area contributed by atoms with Gasteiger partial charge >= 0.3 is 5.69 Å². The first kappa shape index (κ1) is 17.4. The van der Waals surface area contributed by atoms with Gasteiger partial charge in [-0.15, -0.1) is 0 Å². The molecular formula is C14H12Br2N4O3. The van der Waals surface area contributed by atoms with Crippen molar-refractivity contribution in [2.24, 2.45) is 5.10 Å². The fraction of sp³-hybridized carbons (Fsp3) is 0.143. The lowest BCUT2D eigenvalue weighted by atomic mass is 10.2. The number of hydrogen-bond donors (Lipinski definition) is 2. The molecule has 0 bridgehead atoms. The lowest BCUT2D eigenvalue weighted by Gasteiger charge is -2.06. The van der Waals surface area contributed by atoms with Crippen LogP contribution < -0.4 is 15.9 Å². The first-order chi connectivity index (χ1) is 10.9. The third-order valence-corrected chi connectivity index (χ3v) is 3.89. The summed E-state index contributed by atoms with van der Waals surface area (Å²) in [7, 11) is 1.56. The average molecular weight is 444 g/mol. The predicted molar refractivity (Wildman–Crippen MR) is 93.0 cm³/mol. The van der Waals surface area contributed by atoms with Gasteiger partial charge in [-0.1, -0.05) is 0 Å². The maximum atomic E-state index is 11.9. The molecule has 0 unspecified atom stereocenters. The van der Waals surface area contributed by atoms with Crippen molar-refractivity contribution >= 4 is 44.0 Å². The van der Waals surface area contributed by atoms with Gasteiger partial charge in [0.1, 0.15) is 11.4 Å².